The molecule has 0 saturated carbocycles. The smallest absolute Gasteiger partial charge is 0.228 e. The normalized spacial score (nSPS) is 11.2. The molecule has 0 saturated heterocycles. The first-order chi connectivity index (χ1) is 19.7. The predicted molar refractivity (Wildman–Crippen MR) is 156 cm³/mol. The number of anilines is 1. The largest absolute Gasteiger partial charge is 0.352 e. The molecule has 0 bridgehead atoms. The topological polar surface area (TPSA) is 112 Å². The summed E-state index contributed by atoms with van der Waals surface area (Å²) in [6, 6.07) is 25.7. The van der Waals surface area contributed by atoms with Gasteiger partial charge < -0.3 is 10.3 Å². The lowest BCUT2D eigenvalue weighted by atomic mass is 10.0. The Morgan fingerprint density at radius 2 is 1.65 bits per heavy atom. The molecule has 0 aliphatic rings. The molecule has 7 aromatic rings. The molecule has 0 aliphatic heterocycles. The summed E-state index contributed by atoms with van der Waals surface area (Å²) in [6.07, 6.45) is 9.18. The molecule has 192 valence electrons. The number of amides is 1. The van der Waals surface area contributed by atoms with Gasteiger partial charge in [0.15, 0.2) is 0 Å². The molecule has 0 unspecified atom stereocenters. The minimum Gasteiger partial charge on any atom is -0.352 e. The molecule has 7 rings (SSSR count). The van der Waals surface area contributed by atoms with Crippen LogP contribution in [-0.4, -0.2) is 36.0 Å². The van der Waals surface area contributed by atoms with E-state index < -0.39 is 0 Å². The lowest BCUT2D eigenvalue weighted by molar-refractivity contribution is -0.115. The third kappa shape index (κ3) is 4.48. The van der Waals surface area contributed by atoms with Gasteiger partial charge in [0, 0.05) is 40.5 Å². The second kappa shape index (κ2) is 9.92. The van der Waals surface area contributed by atoms with Gasteiger partial charge in [-0.25, -0.2) is 0 Å². The number of carbonyl (C=O) groups excluding carboxylic acids is 1. The highest BCUT2D eigenvalue weighted by atomic mass is 16.1. The standard InChI is InChI=1S/C32H23N7O/c40-31(12-20-6-2-1-3-7-20)36-23-13-22(16-33-17-23)21-9-10-28-25(14-21)32(39-38-28)29-15-24-26(18-34-19-30(24)37-29)27-8-4-5-11-35-27/h1-11,13-19,37H,12H2,(H,36,40)(H,38,39). The zero-order valence-electron chi connectivity index (χ0n) is 21.3. The van der Waals surface area contributed by atoms with E-state index in [9.17, 15) is 4.79 Å². The van der Waals surface area contributed by atoms with Crippen LogP contribution in [0.25, 0.3) is 55.6 Å². The molecule has 3 N–H and O–H groups in total. The van der Waals surface area contributed by atoms with Gasteiger partial charge in [0.25, 0.3) is 0 Å². The summed E-state index contributed by atoms with van der Waals surface area (Å²) in [7, 11) is 0. The third-order valence-electron chi connectivity index (χ3n) is 6.87. The van der Waals surface area contributed by atoms with Gasteiger partial charge in [-0.2, -0.15) is 5.10 Å². The summed E-state index contributed by atoms with van der Waals surface area (Å²) in [6.45, 7) is 0. The summed E-state index contributed by atoms with van der Waals surface area (Å²) in [5.41, 5.74) is 8.80. The number of aromatic amines is 2. The lowest BCUT2D eigenvalue weighted by Gasteiger charge is -2.08. The van der Waals surface area contributed by atoms with Crippen LogP contribution < -0.4 is 5.32 Å². The van der Waals surface area contributed by atoms with Gasteiger partial charge in [0.2, 0.25) is 5.91 Å². The van der Waals surface area contributed by atoms with E-state index in [2.05, 4.69) is 47.6 Å². The monoisotopic (exact) mass is 521 g/mol. The average Bonchev–Trinajstić information content (AvgIpc) is 3.62. The fraction of sp³-hybridized carbons (Fsp3) is 0.0312. The maximum atomic E-state index is 12.6. The average molecular weight is 522 g/mol. The van der Waals surface area contributed by atoms with Crippen molar-refractivity contribution in [1.82, 2.24) is 30.1 Å². The molecule has 8 nitrogen and oxygen atoms in total. The quantitative estimate of drug-likeness (QED) is 0.234. The predicted octanol–water partition coefficient (Wildman–Crippen LogP) is 6.41. The van der Waals surface area contributed by atoms with Crippen molar-refractivity contribution in [3.8, 4) is 33.8 Å². The van der Waals surface area contributed by atoms with Crippen LogP contribution in [0.15, 0.2) is 110 Å². The molecule has 0 atom stereocenters. The van der Waals surface area contributed by atoms with Gasteiger partial charge in [0.1, 0.15) is 5.69 Å². The molecule has 2 aromatic carbocycles. The number of hydrogen-bond donors (Lipinski definition) is 3. The van der Waals surface area contributed by atoms with Crippen molar-refractivity contribution < 1.29 is 4.79 Å². The van der Waals surface area contributed by atoms with Crippen molar-refractivity contribution in [2.24, 2.45) is 0 Å². The summed E-state index contributed by atoms with van der Waals surface area (Å²) < 4.78 is 0. The first kappa shape index (κ1) is 23.5. The molecule has 5 aromatic heterocycles. The number of carbonyl (C=O) groups is 1. The van der Waals surface area contributed by atoms with Gasteiger partial charge in [-0.3, -0.25) is 24.8 Å². The van der Waals surface area contributed by atoms with Gasteiger partial charge in [-0.05, 0) is 47.5 Å². The summed E-state index contributed by atoms with van der Waals surface area (Å²) in [5.74, 6) is -0.0869. The van der Waals surface area contributed by atoms with Crippen LogP contribution in [-0.2, 0) is 11.2 Å². The Morgan fingerprint density at radius 1 is 0.775 bits per heavy atom. The third-order valence-corrected chi connectivity index (χ3v) is 6.87. The molecule has 1 amide bonds. The van der Waals surface area contributed by atoms with Gasteiger partial charge >= 0.3 is 0 Å². The van der Waals surface area contributed by atoms with E-state index in [1.54, 1.807) is 18.6 Å². The number of fused-ring (bicyclic) bond motifs is 2. The second-order valence-electron chi connectivity index (χ2n) is 9.55. The fourth-order valence-electron chi connectivity index (χ4n) is 4.96. The minimum absolute atomic E-state index is 0.0869. The van der Waals surface area contributed by atoms with Crippen LogP contribution in [0, 0.1) is 0 Å². The SMILES string of the molecule is O=C(Cc1ccccc1)Nc1cncc(-c2ccc3[nH]nc(-c4cc5c(-c6ccccn6)cncc5[nH]4)c3c2)c1. The van der Waals surface area contributed by atoms with Crippen LogP contribution in [0.1, 0.15) is 5.56 Å². The Balaban J connectivity index is 1.21. The summed E-state index contributed by atoms with van der Waals surface area (Å²) >= 11 is 0. The molecule has 5 heterocycles. The number of pyridine rings is 3. The molecular formula is C32H23N7O. The van der Waals surface area contributed by atoms with E-state index >= 15 is 0 Å². The summed E-state index contributed by atoms with van der Waals surface area (Å²) in [5, 5.41) is 12.7. The number of nitrogens with zero attached hydrogens (tertiary/aromatic N) is 4. The molecule has 0 fully saturated rings. The van der Waals surface area contributed by atoms with Gasteiger partial charge in [-0.1, -0.05) is 42.5 Å². The van der Waals surface area contributed by atoms with Crippen molar-refractivity contribution >= 4 is 33.4 Å². The van der Waals surface area contributed by atoms with Crippen molar-refractivity contribution in [2.75, 3.05) is 5.32 Å². The molecular weight excluding hydrogens is 498 g/mol. The van der Waals surface area contributed by atoms with E-state index in [1.165, 1.54) is 0 Å². The van der Waals surface area contributed by atoms with E-state index in [0.717, 1.165) is 61.1 Å². The summed E-state index contributed by atoms with van der Waals surface area (Å²) in [4.78, 5) is 29.4. The van der Waals surface area contributed by atoms with Crippen molar-refractivity contribution in [2.45, 2.75) is 6.42 Å². The Hall–Kier alpha value is -5.63. The first-order valence-electron chi connectivity index (χ1n) is 12.9. The van der Waals surface area contributed by atoms with E-state index in [4.69, 9.17) is 0 Å². The Bertz CT molecular complexity index is 1980. The number of hydrogen-bond acceptors (Lipinski definition) is 5. The highest BCUT2D eigenvalue weighted by Gasteiger charge is 2.15. The van der Waals surface area contributed by atoms with Crippen LogP contribution in [0.2, 0.25) is 0 Å². The number of aromatic nitrogens is 6. The van der Waals surface area contributed by atoms with Crippen molar-refractivity contribution in [3.63, 3.8) is 0 Å². The van der Waals surface area contributed by atoms with Gasteiger partial charge in [0.05, 0.1) is 46.9 Å². The van der Waals surface area contributed by atoms with E-state index in [-0.39, 0.29) is 5.91 Å². The van der Waals surface area contributed by atoms with Crippen LogP contribution in [0.5, 0.6) is 0 Å². The number of nitrogens with one attached hydrogen (secondary N) is 3. The molecule has 0 radical (unpaired) electrons. The van der Waals surface area contributed by atoms with Crippen LogP contribution in [0.4, 0.5) is 5.69 Å². The number of rotatable bonds is 6. The second-order valence-corrected chi connectivity index (χ2v) is 9.55. The Morgan fingerprint density at radius 3 is 2.52 bits per heavy atom. The first-order valence-corrected chi connectivity index (χ1v) is 12.9. The Labute approximate surface area is 229 Å². The highest BCUT2D eigenvalue weighted by Crippen LogP contribution is 2.34. The Kier molecular flexibility index (Phi) is 5.82. The zero-order valence-corrected chi connectivity index (χ0v) is 21.3. The van der Waals surface area contributed by atoms with E-state index in [1.807, 2.05) is 79.1 Å². The maximum absolute atomic E-state index is 12.6. The van der Waals surface area contributed by atoms with Crippen molar-refractivity contribution in [1.29, 1.82) is 0 Å². The lowest BCUT2D eigenvalue weighted by Crippen LogP contribution is -2.14. The number of H-pyrrole nitrogens is 2. The van der Waals surface area contributed by atoms with Crippen LogP contribution in [0.3, 0.4) is 0 Å². The zero-order chi connectivity index (χ0) is 26.9. The van der Waals surface area contributed by atoms with Crippen LogP contribution >= 0.6 is 0 Å². The molecule has 8 heteroatoms. The molecule has 40 heavy (non-hydrogen) atoms. The van der Waals surface area contributed by atoms with Crippen molar-refractivity contribution in [3.05, 3.63) is 115 Å². The van der Waals surface area contributed by atoms with Gasteiger partial charge in [-0.15, -0.1) is 0 Å². The fourth-order valence-corrected chi connectivity index (χ4v) is 4.96. The minimum atomic E-state index is -0.0869. The molecule has 0 spiro atoms. The maximum Gasteiger partial charge on any atom is 0.228 e. The molecule has 0 aliphatic carbocycles. The van der Waals surface area contributed by atoms with E-state index in [0.29, 0.717) is 12.1 Å². The number of benzene rings is 2. The highest BCUT2D eigenvalue weighted by molar-refractivity contribution is 6.01.